The molecule has 0 spiro atoms. The molecule has 0 aliphatic carbocycles. The molecule has 1 heterocycles. The summed E-state index contributed by atoms with van der Waals surface area (Å²) in [6.07, 6.45) is 0. The minimum absolute atomic E-state index is 0.178. The van der Waals surface area contributed by atoms with Gasteiger partial charge < -0.3 is 14.5 Å². The summed E-state index contributed by atoms with van der Waals surface area (Å²) in [7, 11) is 1.51. The van der Waals surface area contributed by atoms with Gasteiger partial charge in [-0.2, -0.15) is 0 Å². The zero-order valence-corrected chi connectivity index (χ0v) is 19.1. The number of benzene rings is 3. The molecular formula is C23H18BrN3O3S. The van der Waals surface area contributed by atoms with Crippen LogP contribution in [0.1, 0.15) is 15.9 Å². The second kappa shape index (κ2) is 8.87. The number of nitrogens with one attached hydrogen (secondary N) is 2. The summed E-state index contributed by atoms with van der Waals surface area (Å²) in [5.74, 6) is 0.639. The molecule has 0 fully saturated rings. The summed E-state index contributed by atoms with van der Waals surface area (Å²) in [5, 5.41) is 5.85. The number of rotatable bonds is 4. The normalized spacial score (nSPS) is 10.7. The number of methoxy groups -OCH3 is 1. The highest BCUT2D eigenvalue weighted by atomic mass is 79.9. The fourth-order valence-corrected chi connectivity index (χ4v) is 3.61. The number of thiocarbonyl (C=S) groups is 1. The van der Waals surface area contributed by atoms with Crippen LogP contribution in [0.3, 0.4) is 0 Å². The van der Waals surface area contributed by atoms with E-state index in [0.29, 0.717) is 17.2 Å². The SMILES string of the molecule is COc1ccc(Br)cc1C(=O)NC(=S)Nc1ccc(-c2nc3ccc(C)cc3o2)cc1. The number of hydrogen-bond donors (Lipinski definition) is 2. The summed E-state index contributed by atoms with van der Waals surface area (Å²) in [5.41, 5.74) is 4.63. The van der Waals surface area contributed by atoms with Crippen LogP contribution in [0.4, 0.5) is 5.69 Å². The molecule has 0 saturated heterocycles. The van der Waals surface area contributed by atoms with Crippen molar-refractivity contribution in [2.75, 3.05) is 12.4 Å². The van der Waals surface area contributed by atoms with Crippen molar-refractivity contribution in [2.45, 2.75) is 6.92 Å². The highest BCUT2D eigenvalue weighted by Crippen LogP contribution is 2.26. The molecule has 0 aliphatic heterocycles. The van der Waals surface area contributed by atoms with Crippen LogP contribution in [-0.4, -0.2) is 23.1 Å². The van der Waals surface area contributed by atoms with Crippen LogP contribution in [0, 0.1) is 6.92 Å². The van der Waals surface area contributed by atoms with Crippen molar-refractivity contribution in [1.82, 2.24) is 10.3 Å². The molecular weight excluding hydrogens is 478 g/mol. The van der Waals surface area contributed by atoms with E-state index in [2.05, 4.69) is 31.5 Å². The van der Waals surface area contributed by atoms with Crippen molar-refractivity contribution < 1.29 is 13.9 Å². The largest absolute Gasteiger partial charge is 0.496 e. The number of carbonyl (C=O) groups is 1. The van der Waals surface area contributed by atoms with Crippen LogP contribution in [-0.2, 0) is 0 Å². The van der Waals surface area contributed by atoms with Gasteiger partial charge in [-0.1, -0.05) is 22.0 Å². The average Bonchev–Trinajstić information content (AvgIpc) is 3.17. The van der Waals surface area contributed by atoms with Gasteiger partial charge in [-0.15, -0.1) is 0 Å². The monoisotopic (exact) mass is 495 g/mol. The third-order valence-corrected chi connectivity index (χ3v) is 5.26. The zero-order valence-electron chi connectivity index (χ0n) is 16.7. The number of carbonyl (C=O) groups excluding carboxylic acids is 1. The molecule has 4 rings (SSSR count). The molecule has 1 amide bonds. The van der Waals surface area contributed by atoms with Crippen LogP contribution >= 0.6 is 28.1 Å². The molecule has 0 radical (unpaired) electrons. The number of nitrogens with zero attached hydrogens (tertiary/aromatic N) is 1. The highest BCUT2D eigenvalue weighted by molar-refractivity contribution is 9.10. The first-order valence-electron chi connectivity index (χ1n) is 9.36. The van der Waals surface area contributed by atoms with E-state index in [0.717, 1.165) is 32.4 Å². The molecule has 0 aliphatic rings. The summed E-state index contributed by atoms with van der Waals surface area (Å²) in [6.45, 7) is 2.01. The Morgan fingerprint density at radius 2 is 1.87 bits per heavy atom. The second-order valence-electron chi connectivity index (χ2n) is 6.82. The van der Waals surface area contributed by atoms with Crippen molar-refractivity contribution in [1.29, 1.82) is 0 Å². The van der Waals surface area contributed by atoms with Gasteiger partial charge in [0.1, 0.15) is 11.3 Å². The molecule has 0 atom stereocenters. The third-order valence-electron chi connectivity index (χ3n) is 4.57. The Hall–Kier alpha value is -3.23. The summed E-state index contributed by atoms with van der Waals surface area (Å²) in [6, 6.07) is 18.5. The predicted molar refractivity (Wildman–Crippen MR) is 129 cm³/mol. The predicted octanol–water partition coefficient (Wildman–Crippen LogP) is 5.70. The molecule has 156 valence electrons. The quantitative estimate of drug-likeness (QED) is 0.353. The Morgan fingerprint density at radius 1 is 1.10 bits per heavy atom. The van der Waals surface area contributed by atoms with Gasteiger partial charge in [0.15, 0.2) is 10.7 Å². The van der Waals surface area contributed by atoms with Crippen LogP contribution in [0.15, 0.2) is 69.6 Å². The molecule has 3 aromatic carbocycles. The van der Waals surface area contributed by atoms with E-state index in [1.165, 1.54) is 7.11 Å². The molecule has 8 heteroatoms. The molecule has 1 aromatic heterocycles. The van der Waals surface area contributed by atoms with Gasteiger partial charge in [0.2, 0.25) is 5.89 Å². The number of aromatic nitrogens is 1. The highest BCUT2D eigenvalue weighted by Gasteiger charge is 2.14. The Morgan fingerprint density at radius 3 is 2.61 bits per heavy atom. The lowest BCUT2D eigenvalue weighted by Crippen LogP contribution is -2.34. The van der Waals surface area contributed by atoms with Crippen molar-refractivity contribution in [3.8, 4) is 17.2 Å². The summed E-state index contributed by atoms with van der Waals surface area (Å²) < 4.78 is 11.9. The van der Waals surface area contributed by atoms with Gasteiger partial charge in [0.25, 0.3) is 5.91 Å². The van der Waals surface area contributed by atoms with Crippen molar-refractivity contribution >= 4 is 56.0 Å². The van der Waals surface area contributed by atoms with Gasteiger partial charge in [0.05, 0.1) is 12.7 Å². The van der Waals surface area contributed by atoms with E-state index < -0.39 is 0 Å². The molecule has 0 unspecified atom stereocenters. The fraction of sp³-hybridized carbons (Fsp3) is 0.0870. The minimum atomic E-state index is -0.367. The first-order valence-corrected chi connectivity index (χ1v) is 10.6. The second-order valence-corrected chi connectivity index (χ2v) is 8.14. The maximum Gasteiger partial charge on any atom is 0.261 e. The number of amides is 1. The molecule has 0 saturated carbocycles. The van der Waals surface area contributed by atoms with Crippen molar-refractivity contribution in [3.05, 3.63) is 76.3 Å². The van der Waals surface area contributed by atoms with Gasteiger partial charge >= 0.3 is 0 Å². The number of oxazole rings is 1. The van der Waals surface area contributed by atoms with Crippen LogP contribution in [0.5, 0.6) is 5.75 Å². The molecule has 4 aromatic rings. The topological polar surface area (TPSA) is 76.4 Å². The zero-order chi connectivity index (χ0) is 22.0. The first kappa shape index (κ1) is 21.0. The number of anilines is 1. The van der Waals surface area contributed by atoms with Gasteiger partial charge in [-0.25, -0.2) is 4.98 Å². The Kier molecular flexibility index (Phi) is 6.01. The van der Waals surface area contributed by atoms with E-state index in [1.54, 1.807) is 18.2 Å². The maximum absolute atomic E-state index is 12.6. The van der Waals surface area contributed by atoms with E-state index in [1.807, 2.05) is 49.4 Å². The summed E-state index contributed by atoms with van der Waals surface area (Å²) >= 11 is 8.64. The Labute approximate surface area is 192 Å². The number of halogens is 1. The number of aryl methyl sites for hydroxylation is 1. The lowest BCUT2D eigenvalue weighted by atomic mass is 10.2. The number of hydrogen-bond acceptors (Lipinski definition) is 5. The molecule has 6 nitrogen and oxygen atoms in total. The number of ether oxygens (including phenoxy) is 1. The maximum atomic E-state index is 12.6. The smallest absolute Gasteiger partial charge is 0.261 e. The Balaban J connectivity index is 1.44. The van der Waals surface area contributed by atoms with Gasteiger partial charge in [-0.05, 0) is 79.3 Å². The first-order chi connectivity index (χ1) is 14.9. The van der Waals surface area contributed by atoms with Crippen molar-refractivity contribution in [3.63, 3.8) is 0 Å². The van der Waals surface area contributed by atoms with Gasteiger partial charge in [-0.3, -0.25) is 10.1 Å². The molecule has 2 N–H and O–H groups in total. The van der Waals surface area contributed by atoms with E-state index >= 15 is 0 Å². The number of fused-ring (bicyclic) bond motifs is 1. The molecule has 31 heavy (non-hydrogen) atoms. The van der Waals surface area contributed by atoms with Crippen LogP contribution in [0.25, 0.3) is 22.6 Å². The van der Waals surface area contributed by atoms with E-state index in [9.17, 15) is 4.79 Å². The minimum Gasteiger partial charge on any atom is -0.496 e. The lowest BCUT2D eigenvalue weighted by molar-refractivity contribution is 0.0974. The third kappa shape index (κ3) is 4.76. The fourth-order valence-electron chi connectivity index (χ4n) is 3.04. The standard InChI is InChI=1S/C23H18BrN3O3S/c1-13-3-9-18-20(11-13)30-22(26-18)14-4-7-16(8-5-14)25-23(31)27-21(28)17-12-15(24)6-10-19(17)29-2/h3-12H,1-2H3,(H2,25,27,28,31). The van der Waals surface area contributed by atoms with E-state index in [4.69, 9.17) is 21.4 Å². The Bertz CT molecular complexity index is 1290. The van der Waals surface area contributed by atoms with Crippen LogP contribution in [0.2, 0.25) is 0 Å². The summed E-state index contributed by atoms with van der Waals surface area (Å²) in [4.78, 5) is 17.1. The van der Waals surface area contributed by atoms with Crippen molar-refractivity contribution in [2.24, 2.45) is 0 Å². The lowest BCUT2D eigenvalue weighted by Gasteiger charge is -2.12. The van der Waals surface area contributed by atoms with Gasteiger partial charge in [0, 0.05) is 15.7 Å². The average molecular weight is 496 g/mol. The molecule has 0 bridgehead atoms. The van der Waals surface area contributed by atoms with Crippen LogP contribution < -0.4 is 15.4 Å². The van der Waals surface area contributed by atoms with E-state index in [-0.39, 0.29) is 11.0 Å².